The SMILES string of the molecule is CC(C)[C@H]1COC(=O)N1C(=O)[C@@H](C)[C@@H]1OC(=CCCCCCO)C=CC1=O. The highest BCUT2D eigenvalue weighted by Gasteiger charge is 2.44. The van der Waals surface area contributed by atoms with Crippen molar-refractivity contribution in [3.63, 3.8) is 0 Å². The van der Waals surface area contributed by atoms with Crippen molar-refractivity contribution >= 4 is 17.8 Å². The van der Waals surface area contributed by atoms with Gasteiger partial charge in [0.1, 0.15) is 12.4 Å². The van der Waals surface area contributed by atoms with Crippen LogP contribution >= 0.6 is 0 Å². The van der Waals surface area contributed by atoms with Crippen molar-refractivity contribution in [2.75, 3.05) is 13.2 Å². The van der Waals surface area contributed by atoms with E-state index in [0.717, 1.165) is 30.6 Å². The Bertz CT molecular complexity index is 624. The number of nitrogens with zero attached hydrogens (tertiary/aromatic N) is 1. The average molecular weight is 379 g/mol. The van der Waals surface area contributed by atoms with Gasteiger partial charge in [0, 0.05) is 6.61 Å². The summed E-state index contributed by atoms with van der Waals surface area (Å²) in [5.41, 5.74) is 0. The Morgan fingerprint density at radius 2 is 2.00 bits per heavy atom. The molecule has 2 aliphatic rings. The van der Waals surface area contributed by atoms with Gasteiger partial charge in [0.15, 0.2) is 11.9 Å². The Hall–Kier alpha value is -2.15. The van der Waals surface area contributed by atoms with E-state index < -0.39 is 24.0 Å². The number of hydrogen-bond acceptors (Lipinski definition) is 6. The normalized spacial score (nSPS) is 25.1. The molecule has 27 heavy (non-hydrogen) atoms. The molecule has 0 unspecified atom stereocenters. The van der Waals surface area contributed by atoms with Crippen LogP contribution in [0.2, 0.25) is 0 Å². The second kappa shape index (κ2) is 9.69. The third-order valence-corrected chi connectivity index (χ3v) is 4.92. The molecule has 7 heteroatoms. The van der Waals surface area contributed by atoms with E-state index in [0.29, 0.717) is 5.76 Å². The third-order valence-electron chi connectivity index (χ3n) is 4.92. The van der Waals surface area contributed by atoms with Crippen LogP contribution in [0.3, 0.4) is 0 Å². The summed E-state index contributed by atoms with van der Waals surface area (Å²) in [6.45, 7) is 5.79. The number of imide groups is 1. The van der Waals surface area contributed by atoms with Crippen molar-refractivity contribution < 1.29 is 29.0 Å². The van der Waals surface area contributed by atoms with Crippen LogP contribution in [0.5, 0.6) is 0 Å². The highest BCUT2D eigenvalue weighted by molar-refractivity contribution is 6.01. The van der Waals surface area contributed by atoms with Gasteiger partial charge < -0.3 is 14.6 Å². The number of hydrogen-bond donors (Lipinski definition) is 1. The number of cyclic esters (lactones) is 1. The van der Waals surface area contributed by atoms with Crippen molar-refractivity contribution in [2.24, 2.45) is 11.8 Å². The maximum Gasteiger partial charge on any atom is 0.416 e. The molecule has 0 aromatic carbocycles. The smallest absolute Gasteiger partial charge is 0.416 e. The lowest BCUT2D eigenvalue weighted by molar-refractivity contribution is -0.143. The number of rotatable bonds is 8. The van der Waals surface area contributed by atoms with Gasteiger partial charge in [-0.2, -0.15) is 0 Å². The molecule has 150 valence electrons. The van der Waals surface area contributed by atoms with Crippen LogP contribution in [0.25, 0.3) is 0 Å². The van der Waals surface area contributed by atoms with E-state index in [1.165, 1.54) is 6.08 Å². The first-order valence-corrected chi connectivity index (χ1v) is 9.56. The fourth-order valence-electron chi connectivity index (χ4n) is 3.17. The van der Waals surface area contributed by atoms with Gasteiger partial charge in [0.25, 0.3) is 0 Å². The Labute approximate surface area is 160 Å². The first-order valence-electron chi connectivity index (χ1n) is 9.56. The topological polar surface area (TPSA) is 93.1 Å². The van der Waals surface area contributed by atoms with Crippen LogP contribution in [0, 0.1) is 11.8 Å². The van der Waals surface area contributed by atoms with E-state index in [1.807, 2.05) is 19.9 Å². The highest BCUT2D eigenvalue weighted by atomic mass is 16.6. The lowest BCUT2D eigenvalue weighted by Crippen LogP contribution is -2.48. The molecule has 1 N–H and O–H groups in total. The van der Waals surface area contributed by atoms with Gasteiger partial charge >= 0.3 is 6.09 Å². The maximum atomic E-state index is 12.9. The Morgan fingerprint density at radius 1 is 1.26 bits per heavy atom. The Morgan fingerprint density at radius 3 is 2.67 bits per heavy atom. The summed E-state index contributed by atoms with van der Waals surface area (Å²) >= 11 is 0. The Kier molecular flexibility index (Phi) is 7.59. The fraction of sp³-hybridized carbons (Fsp3) is 0.650. The lowest BCUT2D eigenvalue weighted by Gasteiger charge is -2.30. The third kappa shape index (κ3) is 5.19. The number of ketones is 1. The number of aliphatic hydroxyl groups is 1. The minimum atomic E-state index is -0.951. The summed E-state index contributed by atoms with van der Waals surface area (Å²) < 4.78 is 10.8. The molecule has 0 saturated carbocycles. The minimum absolute atomic E-state index is 0.0600. The molecule has 2 aliphatic heterocycles. The molecule has 7 nitrogen and oxygen atoms in total. The fourth-order valence-corrected chi connectivity index (χ4v) is 3.17. The first kappa shape index (κ1) is 21.2. The standard InChI is InChI=1S/C20H29NO6/c1-13(2)16-12-26-20(25)21(16)19(24)14(3)18-17(23)10-9-15(27-18)8-6-4-5-7-11-22/h8-10,13-14,16,18,22H,4-7,11-12H2,1-3H3/t14-,16+,18-/m0/s1. The summed E-state index contributed by atoms with van der Waals surface area (Å²) in [7, 11) is 0. The molecule has 1 fully saturated rings. The summed E-state index contributed by atoms with van der Waals surface area (Å²) in [6.07, 6.45) is 6.62. The van der Waals surface area contributed by atoms with E-state index in [9.17, 15) is 14.4 Å². The summed E-state index contributed by atoms with van der Waals surface area (Å²) in [6, 6.07) is -0.330. The molecule has 0 spiro atoms. The molecular weight excluding hydrogens is 350 g/mol. The zero-order chi connectivity index (χ0) is 20.0. The highest BCUT2D eigenvalue weighted by Crippen LogP contribution is 2.26. The van der Waals surface area contributed by atoms with E-state index in [-0.39, 0.29) is 31.0 Å². The predicted octanol–water partition coefficient (Wildman–Crippen LogP) is 2.59. The predicted molar refractivity (Wildman–Crippen MR) is 98.6 cm³/mol. The molecule has 2 amide bonds. The molecule has 2 rings (SSSR count). The summed E-state index contributed by atoms with van der Waals surface area (Å²) in [5, 5.41) is 8.80. The van der Waals surface area contributed by atoms with Crippen LogP contribution in [0.4, 0.5) is 4.79 Å². The molecule has 0 aliphatic carbocycles. The number of amides is 2. The van der Waals surface area contributed by atoms with E-state index in [1.54, 1.807) is 13.0 Å². The molecule has 3 atom stereocenters. The monoisotopic (exact) mass is 379 g/mol. The molecular formula is C20H29NO6. The number of aliphatic hydroxyl groups excluding tert-OH is 1. The number of ether oxygens (including phenoxy) is 2. The molecule has 0 bridgehead atoms. The van der Waals surface area contributed by atoms with Gasteiger partial charge in [-0.15, -0.1) is 0 Å². The van der Waals surface area contributed by atoms with E-state index in [4.69, 9.17) is 14.6 Å². The van der Waals surface area contributed by atoms with Crippen molar-refractivity contribution in [1.82, 2.24) is 4.90 Å². The Balaban J connectivity index is 2.04. The van der Waals surface area contributed by atoms with Gasteiger partial charge in [-0.1, -0.05) is 20.3 Å². The van der Waals surface area contributed by atoms with E-state index in [2.05, 4.69) is 0 Å². The van der Waals surface area contributed by atoms with Crippen molar-refractivity contribution in [3.05, 3.63) is 24.0 Å². The maximum absolute atomic E-state index is 12.9. The zero-order valence-corrected chi connectivity index (χ0v) is 16.2. The van der Waals surface area contributed by atoms with Crippen molar-refractivity contribution in [3.8, 4) is 0 Å². The second-order valence-electron chi connectivity index (χ2n) is 7.34. The van der Waals surface area contributed by atoms with Gasteiger partial charge in [0.2, 0.25) is 5.91 Å². The largest absolute Gasteiger partial charge is 0.482 e. The second-order valence-corrected chi connectivity index (χ2v) is 7.34. The summed E-state index contributed by atoms with van der Waals surface area (Å²) in [5.74, 6) is -0.932. The minimum Gasteiger partial charge on any atom is -0.482 e. The summed E-state index contributed by atoms with van der Waals surface area (Å²) in [4.78, 5) is 38.3. The lowest BCUT2D eigenvalue weighted by atomic mass is 9.95. The van der Waals surface area contributed by atoms with Gasteiger partial charge in [-0.3, -0.25) is 9.59 Å². The quantitative estimate of drug-likeness (QED) is 0.652. The molecule has 1 saturated heterocycles. The van der Waals surface area contributed by atoms with Crippen LogP contribution in [-0.4, -0.2) is 53.1 Å². The van der Waals surface area contributed by atoms with Crippen molar-refractivity contribution in [2.45, 2.75) is 58.6 Å². The van der Waals surface area contributed by atoms with Crippen molar-refractivity contribution in [1.29, 1.82) is 0 Å². The number of allylic oxidation sites excluding steroid dienone is 2. The molecule has 0 aromatic heterocycles. The van der Waals surface area contributed by atoms with Gasteiger partial charge in [-0.25, -0.2) is 9.69 Å². The molecule has 0 aromatic rings. The van der Waals surface area contributed by atoms with Crippen LogP contribution in [0.1, 0.15) is 46.5 Å². The van der Waals surface area contributed by atoms with Crippen LogP contribution in [-0.2, 0) is 19.1 Å². The van der Waals surface area contributed by atoms with Gasteiger partial charge in [-0.05, 0) is 50.3 Å². The number of unbranched alkanes of at least 4 members (excludes halogenated alkanes) is 3. The zero-order valence-electron chi connectivity index (χ0n) is 16.2. The molecule has 0 radical (unpaired) electrons. The average Bonchev–Trinajstić information content (AvgIpc) is 3.03. The molecule has 2 heterocycles. The number of carbonyl (C=O) groups excluding carboxylic acids is 3. The van der Waals surface area contributed by atoms with E-state index >= 15 is 0 Å². The van der Waals surface area contributed by atoms with Gasteiger partial charge in [0.05, 0.1) is 12.0 Å². The van der Waals surface area contributed by atoms with Crippen LogP contribution < -0.4 is 0 Å². The van der Waals surface area contributed by atoms with Crippen LogP contribution in [0.15, 0.2) is 24.0 Å². The number of carbonyl (C=O) groups is 3. The first-order chi connectivity index (χ1) is 12.9.